The van der Waals surface area contributed by atoms with Crippen LogP contribution in [-0.4, -0.2) is 65.1 Å². The average Bonchev–Trinajstić information content (AvgIpc) is 3.80. The number of esters is 2. The van der Waals surface area contributed by atoms with E-state index in [2.05, 4.69) is 11.6 Å². The van der Waals surface area contributed by atoms with Crippen molar-refractivity contribution in [3.05, 3.63) is 95.7 Å². The van der Waals surface area contributed by atoms with E-state index in [1.165, 1.54) is 7.11 Å². The number of aliphatic hydroxyl groups excluding tert-OH is 1. The standard InChI is InChI=1S/C37H39N4O6.Mg/c1-8-20-17(4)24-13-25-18(5)22(11-12-30(43)47-10-3)34(40-25)32-33(37(45)46-7)36(44)31-19(6)26(41-35(31)32)14-28-21(9-2)23(16-42)29(39-28)15-27(20)38-24;/h8,13-16,18,22,39H,1,9-12H2,2-7H3,(H3,40,41,42,44,45);/q-1;+2/p-2/b25-13+,29-15-;/t18-,22-;/m0./s1. The van der Waals surface area contributed by atoms with Crippen LogP contribution in [0.3, 0.4) is 0 Å². The van der Waals surface area contributed by atoms with Gasteiger partial charge in [0.15, 0.2) is 6.29 Å². The largest absolute Gasteiger partial charge is 2.00 e. The van der Waals surface area contributed by atoms with Gasteiger partial charge in [-0.3, -0.25) is 9.59 Å². The Morgan fingerprint density at radius 1 is 1.04 bits per heavy atom. The van der Waals surface area contributed by atoms with Gasteiger partial charge in [-0.25, -0.2) is 4.79 Å². The monoisotopic (exact) mass is 657 g/mol. The molecule has 0 unspecified atom stereocenters. The Bertz CT molecular complexity index is 2090. The molecular formula is C37H37MgN4O6-. The van der Waals surface area contributed by atoms with Gasteiger partial charge in [-0.2, -0.15) is 5.70 Å². The third-order valence-electron chi connectivity index (χ3n) is 9.51. The van der Waals surface area contributed by atoms with Crippen LogP contribution in [0.1, 0.15) is 94.6 Å². The van der Waals surface area contributed by atoms with E-state index in [9.17, 15) is 19.5 Å². The molecule has 1 aliphatic carbocycles. The summed E-state index contributed by atoms with van der Waals surface area (Å²) in [5, 5.41) is 18.0. The molecule has 1 fully saturated rings. The average molecular weight is 658 g/mol. The first kappa shape index (κ1) is 34.8. The van der Waals surface area contributed by atoms with Crippen molar-refractivity contribution in [3.8, 4) is 0 Å². The number of carbonyl (C=O) groups is 3. The molecule has 6 rings (SSSR count). The van der Waals surface area contributed by atoms with E-state index in [0.717, 1.165) is 23.0 Å². The third kappa shape index (κ3) is 5.48. The van der Waals surface area contributed by atoms with E-state index in [1.807, 2.05) is 45.9 Å². The molecule has 48 heavy (non-hydrogen) atoms. The Balaban J connectivity index is 0.00000451. The number of carbonyl (C=O) groups excluding carboxylic acids is 3. The van der Waals surface area contributed by atoms with Crippen molar-refractivity contribution >= 4 is 76.9 Å². The molecule has 2 aliphatic heterocycles. The summed E-state index contributed by atoms with van der Waals surface area (Å²) in [4.78, 5) is 51.6. The van der Waals surface area contributed by atoms with Crippen molar-refractivity contribution in [1.82, 2.24) is 15.0 Å². The second-order valence-electron chi connectivity index (χ2n) is 12.0. The predicted octanol–water partition coefficient (Wildman–Crippen LogP) is 4.34. The fourth-order valence-electron chi connectivity index (χ4n) is 7.03. The summed E-state index contributed by atoms with van der Waals surface area (Å²) in [6.45, 7) is 13.9. The molecule has 0 radical (unpaired) electrons. The van der Waals surface area contributed by atoms with Crippen LogP contribution in [0.4, 0.5) is 0 Å². The minimum Gasteiger partial charge on any atom is -0.664 e. The van der Waals surface area contributed by atoms with Crippen LogP contribution in [0.15, 0.2) is 23.5 Å². The smallest absolute Gasteiger partial charge is 0.664 e. The van der Waals surface area contributed by atoms with Gasteiger partial charge in [0, 0.05) is 28.2 Å². The predicted molar refractivity (Wildman–Crippen MR) is 185 cm³/mol. The summed E-state index contributed by atoms with van der Waals surface area (Å²) in [6, 6.07) is 0. The number of rotatable bonds is 8. The molecule has 0 amide bonds. The number of aldehydes is 1. The SMILES string of the molecule is C=Cc1c2[n-]c(c1C)/C=C1/[N-]/C(=C3/C(C(=O)OC)=C(O)c4c3[n-]c(c4C)/C=c3\[nH]/c(c(C=O)c3CC)=C\2)[C@@H](CCC(=O)OCC)[C@@H]1C.[Mg+2]. The molecule has 3 aromatic rings. The summed E-state index contributed by atoms with van der Waals surface area (Å²) in [5.41, 5.74) is 8.09. The molecule has 5 heterocycles. The molecule has 0 saturated carbocycles. The number of nitrogens with zero attached hydrogens (tertiary/aromatic N) is 3. The van der Waals surface area contributed by atoms with E-state index in [4.69, 9.17) is 24.8 Å². The van der Waals surface area contributed by atoms with Crippen molar-refractivity contribution in [1.29, 1.82) is 0 Å². The number of hydrogen-bond acceptors (Lipinski definition) is 6. The van der Waals surface area contributed by atoms with Gasteiger partial charge in [0.25, 0.3) is 0 Å². The number of H-pyrrole nitrogens is 1. The van der Waals surface area contributed by atoms with Gasteiger partial charge in [0.1, 0.15) is 11.3 Å². The van der Waals surface area contributed by atoms with Crippen molar-refractivity contribution < 1.29 is 29.0 Å². The number of methoxy groups -OCH3 is 1. The molecule has 2 atom stereocenters. The Kier molecular flexibility index (Phi) is 9.84. The van der Waals surface area contributed by atoms with Crippen LogP contribution in [0.2, 0.25) is 0 Å². The molecule has 1 saturated heterocycles. The number of nitrogens with one attached hydrogen (secondary N) is 1. The van der Waals surface area contributed by atoms with Crippen LogP contribution in [-0.2, 0) is 25.5 Å². The van der Waals surface area contributed by atoms with Gasteiger partial charge in [-0.05, 0) is 62.1 Å². The van der Waals surface area contributed by atoms with E-state index >= 15 is 0 Å². The van der Waals surface area contributed by atoms with Gasteiger partial charge in [0.05, 0.1) is 13.7 Å². The Labute approximate surface area is 294 Å². The van der Waals surface area contributed by atoms with E-state index < -0.39 is 5.97 Å². The number of fused-ring (bicyclic) bond motifs is 7. The fraction of sp³-hybridized carbons (Fsp3) is 0.324. The minimum absolute atomic E-state index is 0. The molecule has 8 bridgehead atoms. The first-order chi connectivity index (χ1) is 22.6. The zero-order valence-corrected chi connectivity index (χ0v) is 29.5. The maximum atomic E-state index is 13.3. The van der Waals surface area contributed by atoms with E-state index in [-0.39, 0.29) is 65.2 Å². The van der Waals surface area contributed by atoms with Gasteiger partial charge in [-0.1, -0.05) is 55.9 Å². The Morgan fingerprint density at radius 3 is 2.40 bits per heavy atom. The third-order valence-corrected chi connectivity index (χ3v) is 9.51. The molecule has 3 aromatic heterocycles. The number of aromatic nitrogens is 3. The second kappa shape index (κ2) is 13.6. The quantitative estimate of drug-likeness (QED) is 0.207. The summed E-state index contributed by atoms with van der Waals surface area (Å²) >= 11 is 0. The van der Waals surface area contributed by atoms with E-state index in [1.54, 1.807) is 13.0 Å². The number of allylic oxidation sites excluding steroid dienone is 2. The summed E-state index contributed by atoms with van der Waals surface area (Å²) in [7, 11) is 1.26. The van der Waals surface area contributed by atoms with Crippen LogP contribution < -0.4 is 20.7 Å². The molecule has 0 spiro atoms. The van der Waals surface area contributed by atoms with E-state index in [0.29, 0.717) is 80.0 Å². The van der Waals surface area contributed by atoms with Gasteiger partial charge in [0.2, 0.25) is 0 Å². The molecule has 11 heteroatoms. The molecular weight excluding hydrogens is 621 g/mol. The topological polar surface area (TPSA) is 148 Å². The van der Waals surface area contributed by atoms with Crippen molar-refractivity contribution in [2.24, 2.45) is 11.8 Å². The molecule has 0 aromatic carbocycles. The zero-order chi connectivity index (χ0) is 33.7. The van der Waals surface area contributed by atoms with Crippen LogP contribution in [0.5, 0.6) is 0 Å². The van der Waals surface area contributed by atoms with Gasteiger partial charge in [-0.15, -0.1) is 28.5 Å². The normalized spacial score (nSPS) is 21.6. The zero-order valence-electron chi connectivity index (χ0n) is 28.1. The molecule has 10 nitrogen and oxygen atoms in total. The van der Waals surface area contributed by atoms with Crippen LogP contribution in [0.25, 0.3) is 41.0 Å². The number of hydrogen-bond donors (Lipinski definition) is 2. The first-order valence-corrected chi connectivity index (χ1v) is 15.8. The molecule has 3 aliphatic rings. The van der Waals surface area contributed by atoms with Crippen molar-refractivity contribution in [3.63, 3.8) is 0 Å². The van der Waals surface area contributed by atoms with Crippen molar-refractivity contribution in [2.75, 3.05) is 13.7 Å². The summed E-state index contributed by atoms with van der Waals surface area (Å²) in [5.74, 6) is -1.78. The van der Waals surface area contributed by atoms with Gasteiger partial charge >= 0.3 is 35.0 Å². The molecule has 244 valence electrons. The fourth-order valence-corrected chi connectivity index (χ4v) is 7.03. The maximum absolute atomic E-state index is 13.3. The number of aromatic amines is 1. The number of aliphatic hydroxyl groups is 1. The van der Waals surface area contributed by atoms with Gasteiger partial charge < -0.3 is 34.8 Å². The molecule has 2 N–H and O–H groups in total. The summed E-state index contributed by atoms with van der Waals surface area (Å²) in [6.07, 6.45) is 9.35. The van der Waals surface area contributed by atoms with Crippen LogP contribution >= 0.6 is 0 Å². The second-order valence-corrected chi connectivity index (χ2v) is 12.0. The number of ether oxygens (including phenoxy) is 2. The Morgan fingerprint density at radius 2 is 1.75 bits per heavy atom. The first-order valence-electron chi connectivity index (χ1n) is 15.8. The summed E-state index contributed by atoms with van der Waals surface area (Å²) < 4.78 is 10.4. The Hall–Kier alpha value is -4.48. The maximum Gasteiger partial charge on any atom is 2.00 e. The van der Waals surface area contributed by atoms with Crippen molar-refractivity contribution in [2.45, 2.75) is 53.9 Å². The van der Waals surface area contributed by atoms with Crippen LogP contribution in [0, 0.1) is 25.7 Å². The minimum atomic E-state index is -0.714.